The van der Waals surface area contributed by atoms with E-state index in [-0.39, 0.29) is 11.4 Å². The van der Waals surface area contributed by atoms with Crippen molar-refractivity contribution in [2.45, 2.75) is 23.9 Å². The summed E-state index contributed by atoms with van der Waals surface area (Å²) in [6.45, 7) is 5.79. The van der Waals surface area contributed by atoms with Gasteiger partial charge in [-0.05, 0) is 6.92 Å². The van der Waals surface area contributed by atoms with Crippen LogP contribution < -0.4 is 17.0 Å². The number of nitrogen functional groups attached to an aromatic ring is 1. The number of hydrogen-bond donors (Lipinski definition) is 1. The van der Waals surface area contributed by atoms with Crippen LogP contribution in [0.15, 0.2) is 33.7 Å². The lowest BCUT2D eigenvalue weighted by atomic mass is 10.1. The van der Waals surface area contributed by atoms with Gasteiger partial charge in [-0.2, -0.15) is 0 Å². The van der Waals surface area contributed by atoms with Gasteiger partial charge in [-0.25, -0.2) is 4.79 Å². The number of allylic oxidation sites excluding steroid dienone is 1. The molecule has 0 unspecified atom stereocenters. The molecule has 24 heavy (non-hydrogen) atoms. The molecule has 2 N–H and O–H groups in total. The van der Waals surface area contributed by atoms with E-state index in [4.69, 9.17) is 5.73 Å². The van der Waals surface area contributed by atoms with Crippen LogP contribution in [0, 0.1) is 0 Å². The molecule has 0 aliphatic carbocycles. The third-order valence-corrected chi connectivity index (χ3v) is 4.61. The van der Waals surface area contributed by atoms with Crippen molar-refractivity contribution in [1.82, 2.24) is 23.9 Å². The van der Waals surface area contributed by atoms with E-state index in [1.54, 1.807) is 17.6 Å². The van der Waals surface area contributed by atoms with Crippen molar-refractivity contribution in [3.05, 3.63) is 45.4 Å². The van der Waals surface area contributed by atoms with Crippen LogP contribution in [-0.4, -0.2) is 34.9 Å². The Morgan fingerprint density at radius 2 is 2.08 bits per heavy atom. The number of carbonyl (C=O) groups is 1. The average Bonchev–Trinajstić information content (AvgIpc) is 2.98. The van der Waals surface area contributed by atoms with Crippen molar-refractivity contribution in [3.63, 3.8) is 0 Å². The molecule has 0 fully saturated rings. The summed E-state index contributed by atoms with van der Waals surface area (Å²) in [5, 5.41) is 7.64. The minimum Gasteiger partial charge on any atom is -0.384 e. The lowest BCUT2D eigenvalue weighted by molar-refractivity contribution is 0.0992. The number of nitrogens with two attached hydrogens (primary N) is 1. The van der Waals surface area contributed by atoms with Gasteiger partial charge in [0.25, 0.3) is 5.56 Å². The summed E-state index contributed by atoms with van der Waals surface area (Å²) in [7, 11) is 2.71. The van der Waals surface area contributed by atoms with Crippen molar-refractivity contribution < 1.29 is 4.79 Å². The molecular weight excluding hydrogens is 332 g/mol. The second-order valence-electron chi connectivity index (χ2n) is 5.14. The zero-order chi connectivity index (χ0) is 18.0. The molecule has 1 atom stereocenters. The van der Waals surface area contributed by atoms with E-state index in [0.29, 0.717) is 11.7 Å². The summed E-state index contributed by atoms with van der Waals surface area (Å²) in [4.78, 5) is 36.8. The summed E-state index contributed by atoms with van der Waals surface area (Å²) < 4.78 is 3.66. The normalized spacial score (nSPS) is 12.1. The molecule has 0 radical (unpaired) electrons. The molecular formula is C14H18N6O3S. The Morgan fingerprint density at radius 1 is 1.42 bits per heavy atom. The minimum absolute atomic E-state index is 0.145. The van der Waals surface area contributed by atoms with Gasteiger partial charge in [0.05, 0.1) is 5.25 Å². The van der Waals surface area contributed by atoms with E-state index in [2.05, 4.69) is 16.8 Å². The molecule has 9 nitrogen and oxygen atoms in total. The Labute approximate surface area is 141 Å². The third-order valence-electron chi connectivity index (χ3n) is 3.51. The average molecular weight is 350 g/mol. The number of ketones is 1. The third kappa shape index (κ3) is 3.04. The summed E-state index contributed by atoms with van der Waals surface area (Å²) in [6, 6.07) is 0. The molecule has 0 aliphatic rings. The summed E-state index contributed by atoms with van der Waals surface area (Å²) >= 11 is 1.15. The number of nitrogens with zero attached hydrogens (tertiary/aromatic N) is 5. The molecule has 128 valence electrons. The van der Waals surface area contributed by atoms with Crippen molar-refractivity contribution in [2.24, 2.45) is 14.1 Å². The Morgan fingerprint density at radius 3 is 2.71 bits per heavy atom. The number of aromatic nitrogens is 5. The van der Waals surface area contributed by atoms with E-state index < -0.39 is 22.3 Å². The molecule has 2 aromatic heterocycles. The molecule has 0 spiro atoms. The summed E-state index contributed by atoms with van der Waals surface area (Å²) in [5.41, 5.74) is 4.33. The van der Waals surface area contributed by atoms with Gasteiger partial charge in [-0.1, -0.05) is 17.8 Å². The molecule has 2 aromatic rings. The number of hydrogen-bond acceptors (Lipinski definition) is 7. The number of rotatable bonds is 6. The molecule has 0 aromatic carbocycles. The fourth-order valence-corrected chi connectivity index (χ4v) is 3.00. The standard InChI is InChI=1S/C14H18N6O3S/c1-5-6-20-7-16-17-13(20)24-8(2)10(21)9-11(15)18(3)14(23)19(4)12(9)22/h5,7-8H,1,6,15H2,2-4H3/t8-/m1/s1. The Bertz CT molecular complexity index is 910. The lowest BCUT2D eigenvalue weighted by Gasteiger charge is -2.14. The van der Waals surface area contributed by atoms with Gasteiger partial charge in [-0.15, -0.1) is 16.8 Å². The number of carbonyl (C=O) groups excluding carboxylic acids is 1. The first-order chi connectivity index (χ1) is 11.3. The quantitative estimate of drug-likeness (QED) is 0.436. The molecule has 2 heterocycles. The van der Waals surface area contributed by atoms with Crippen molar-refractivity contribution in [2.75, 3.05) is 5.73 Å². The minimum atomic E-state index is -0.708. The van der Waals surface area contributed by atoms with Crippen LogP contribution in [0.5, 0.6) is 0 Å². The van der Waals surface area contributed by atoms with E-state index in [0.717, 1.165) is 20.9 Å². The molecule has 0 bridgehead atoms. The first-order valence-corrected chi connectivity index (χ1v) is 7.92. The monoisotopic (exact) mass is 350 g/mol. The molecule has 0 saturated carbocycles. The van der Waals surface area contributed by atoms with Gasteiger partial charge in [0, 0.05) is 20.6 Å². The molecule has 0 saturated heterocycles. The zero-order valence-electron chi connectivity index (χ0n) is 13.6. The van der Waals surface area contributed by atoms with E-state index in [1.807, 2.05) is 0 Å². The highest BCUT2D eigenvalue weighted by molar-refractivity contribution is 8.00. The van der Waals surface area contributed by atoms with Gasteiger partial charge < -0.3 is 10.3 Å². The topological polar surface area (TPSA) is 118 Å². The molecule has 10 heteroatoms. The second-order valence-corrected chi connectivity index (χ2v) is 6.45. The maximum Gasteiger partial charge on any atom is 0.332 e. The first-order valence-electron chi connectivity index (χ1n) is 7.04. The zero-order valence-corrected chi connectivity index (χ0v) is 14.4. The van der Waals surface area contributed by atoms with Gasteiger partial charge in [-0.3, -0.25) is 18.7 Å². The fraction of sp³-hybridized carbons (Fsp3) is 0.357. The van der Waals surface area contributed by atoms with E-state index in [9.17, 15) is 14.4 Å². The van der Waals surface area contributed by atoms with Crippen molar-refractivity contribution >= 4 is 23.4 Å². The Balaban J connectivity index is 2.39. The number of Topliss-reactive ketones (excluding diaryl/α,β-unsaturated/α-hetero) is 1. The van der Waals surface area contributed by atoms with E-state index in [1.165, 1.54) is 20.4 Å². The smallest absolute Gasteiger partial charge is 0.332 e. The molecule has 0 amide bonds. The lowest BCUT2D eigenvalue weighted by Crippen LogP contribution is -2.42. The van der Waals surface area contributed by atoms with E-state index >= 15 is 0 Å². The SMILES string of the molecule is C=CCn1cnnc1S[C@H](C)C(=O)c1c(N)n(C)c(=O)n(C)c1=O. The highest BCUT2D eigenvalue weighted by Gasteiger charge is 2.26. The van der Waals surface area contributed by atoms with Crippen molar-refractivity contribution in [1.29, 1.82) is 0 Å². The summed E-state index contributed by atoms with van der Waals surface area (Å²) in [6.07, 6.45) is 3.21. The highest BCUT2D eigenvalue weighted by Crippen LogP contribution is 2.24. The first kappa shape index (κ1) is 17.7. The Kier molecular flexibility index (Phi) is 5.07. The van der Waals surface area contributed by atoms with Crippen LogP contribution in [-0.2, 0) is 20.6 Å². The summed E-state index contributed by atoms with van der Waals surface area (Å²) in [5.74, 6) is -0.616. The fourth-order valence-electron chi connectivity index (χ4n) is 2.11. The van der Waals surface area contributed by atoms with Crippen LogP contribution in [0.2, 0.25) is 0 Å². The van der Waals surface area contributed by atoms with Crippen LogP contribution >= 0.6 is 11.8 Å². The van der Waals surface area contributed by atoms with Crippen LogP contribution in [0.1, 0.15) is 17.3 Å². The molecule has 0 aliphatic heterocycles. The van der Waals surface area contributed by atoms with Gasteiger partial charge in [0.15, 0.2) is 10.9 Å². The van der Waals surface area contributed by atoms with Gasteiger partial charge >= 0.3 is 5.69 Å². The maximum absolute atomic E-state index is 12.7. The largest absolute Gasteiger partial charge is 0.384 e. The number of anilines is 1. The second kappa shape index (κ2) is 6.87. The van der Waals surface area contributed by atoms with Gasteiger partial charge in [0.2, 0.25) is 0 Å². The predicted molar refractivity (Wildman–Crippen MR) is 91.2 cm³/mol. The van der Waals surface area contributed by atoms with Gasteiger partial charge in [0.1, 0.15) is 17.7 Å². The predicted octanol–water partition coefficient (Wildman–Crippen LogP) is -0.193. The molecule has 2 rings (SSSR count). The van der Waals surface area contributed by atoms with Crippen LogP contribution in [0.3, 0.4) is 0 Å². The maximum atomic E-state index is 12.7. The van der Waals surface area contributed by atoms with Crippen LogP contribution in [0.4, 0.5) is 5.82 Å². The number of thioether (sulfide) groups is 1. The van der Waals surface area contributed by atoms with Crippen LogP contribution in [0.25, 0.3) is 0 Å². The Hall–Kier alpha value is -2.62. The van der Waals surface area contributed by atoms with Crippen molar-refractivity contribution in [3.8, 4) is 0 Å². The highest BCUT2D eigenvalue weighted by atomic mass is 32.2.